The summed E-state index contributed by atoms with van der Waals surface area (Å²) in [6.45, 7) is 0. The first kappa shape index (κ1) is 13.9. The Morgan fingerprint density at radius 2 is 1.65 bits per heavy atom. The normalized spacial score (nSPS) is 21.7. The van der Waals surface area contributed by atoms with Crippen molar-refractivity contribution in [2.75, 3.05) is 0 Å². The van der Waals surface area contributed by atoms with Crippen LogP contribution in [0.4, 0.5) is 0 Å². The minimum Gasteiger partial charge on any atom is -0.223 e. The fourth-order valence-electron chi connectivity index (χ4n) is 2.58. The van der Waals surface area contributed by atoms with Gasteiger partial charge in [0.25, 0.3) is 0 Å². The van der Waals surface area contributed by atoms with E-state index in [4.69, 9.17) is 23.2 Å². The van der Waals surface area contributed by atoms with E-state index in [9.17, 15) is 8.42 Å². The van der Waals surface area contributed by atoms with E-state index in [2.05, 4.69) is 0 Å². The Balaban J connectivity index is 2.00. The zero-order valence-corrected chi connectivity index (χ0v) is 12.8. The number of hydrogen-bond acceptors (Lipinski definition) is 2. The standard InChI is InChI=1S/C15H12Cl2O2S/c16-11-5-7-12(8-6-11)20(18,19)14-9-10-3-1-2-4-13(10)15(14)17/h1-8,14-15H,9H2/t14-,15-/m1/s1. The number of hydrogen-bond donors (Lipinski definition) is 0. The molecule has 0 amide bonds. The second-order valence-corrected chi connectivity index (χ2v) is 7.92. The van der Waals surface area contributed by atoms with E-state index < -0.39 is 20.5 Å². The Hall–Kier alpha value is -1.03. The van der Waals surface area contributed by atoms with Crippen LogP contribution in [0.25, 0.3) is 0 Å². The summed E-state index contributed by atoms with van der Waals surface area (Å²) in [5.41, 5.74) is 1.92. The van der Waals surface area contributed by atoms with Crippen LogP contribution >= 0.6 is 23.2 Å². The summed E-state index contributed by atoms with van der Waals surface area (Å²) in [6.07, 6.45) is 0.454. The second-order valence-electron chi connectivity index (χ2n) is 4.84. The van der Waals surface area contributed by atoms with Crippen LogP contribution in [0.5, 0.6) is 0 Å². The van der Waals surface area contributed by atoms with Crippen LogP contribution in [-0.2, 0) is 16.3 Å². The van der Waals surface area contributed by atoms with Crippen LogP contribution < -0.4 is 0 Å². The SMILES string of the molecule is O=S(=O)(c1ccc(Cl)cc1)[C@@H]1Cc2ccccc2[C@H]1Cl. The molecular weight excluding hydrogens is 315 g/mol. The summed E-state index contributed by atoms with van der Waals surface area (Å²) in [7, 11) is -3.46. The van der Waals surface area contributed by atoms with Crippen LogP contribution in [0.2, 0.25) is 5.02 Å². The minimum absolute atomic E-state index is 0.269. The molecule has 1 aliphatic carbocycles. The molecule has 0 saturated heterocycles. The van der Waals surface area contributed by atoms with Crippen molar-refractivity contribution >= 4 is 33.0 Å². The summed E-state index contributed by atoms with van der Waals surface area (Å²) in [5.74, 6) is 0. The largest absolute Gasteiger partial charge is 0.223 e. The first-order valence-electron chi connectivity index (χ1n) is 6.21. The summed E-state index contributed by atoms with van der Waals surface area (Å²) in [6, 6.07) is 13.8. The van der Waals surface area contributed by atoms with Crippen LogP contribution in [0.1, 0.15) is 16.5 Å². The molecule has 1 aliphatic rings. The molecule has 0 saturated carbocycles. The monoisotopic (exact) mass is 326 g/mol. The quantitative estimate of drug-likeness (QED) is 0.781. The van der Waals surface area contributed by atoms with E-state index in [1.165, 1.54) is 12.1 Å². The lowest BCUT2D eigenvalue weighted by molar-refractivity contribution is 0.579. The topological polar surface area (TPSA) is 34.1 Å². The van der Waals surface area contributed by atoms with Crippen LogP contribution in [0, 0.1) is 0 Å². The van der Waals surface area contributed by atoms with Crippen molar-refractivity contribution in [2.24, 2.45) is 0 Å². The first-order valence-corrected chi connectivity index (χ1v) is 8.57. The Morgan fingerprint density at radius 1 is 1.00 bits per heavy atom. The Kier molecular flexibility index (Phi) is 3.53. The maximum atomic E-state index is 12.7. The zero-order chi connectivity index (χ0) is 14.3. The van der Waals surface area contributed by atoms with Gasteiger partial charge in [-0.3, -0.25) is 0 Å². The molecular formula is C15H12Cl2O2S. The third-order valence-corrected chi connectivity index (χ3v) is 6.75. The number of halogens is 2. The van der Waals surface area contributed by atoms with Gasteiger partial charge in [-0.1, -0.05) is 35.9 Å². The van der Waals surface area contributed by atoms with E-state index in [1.54, 1.807) is 12.1 Å². The van der Waals surface area contributed by atoms with Crippen LogP contribution in [-0.4, -0.2) is 13.7 Å². The molecule has 2 nitrogen and oxygen atoms in total. The van der Waals surface area contributed by atoms with E-state index in [-0.39, 0.29) is 4.90 Å². The molecule has 0 aromatic heterocycles. The van der Waals surface area contributed by atoms with Crippen LogP contribution in [0.3, 0.4) is 0 Å². The minimum atomic E-state index is -3.46. The van der Waals surface area contributed by atoms with Gasteiger partial charge in [0.2, 0.25) is 0 Å². The maximum absolute atomic E-state index is 12.7. The van der Waals surface area contributed by atoms with Gasteiger partial charge in [0, 0.05) is 5.02 Å². The van der Waals surface area contributed by atoms with Crippen molar-refractivity contribution in [3.63, 3.8) is 0 Å². The number of rotatable bonds is 2. The van der Waals surface area contributed by atoms with Gasteiger partial charge in [0.05, 0.1) is 15.5 Å². The third kappa shape index (κ3) is 2.24. The Bertz CT molecular complexity index is 739. The van der Waals surface area contributed by atoms with E-state index >= 15 is 0 Å². The first-order chi connectivity index (χ1) is 9.50. The smallest absolute Gasteiger partial charge is 0.183 e. The maximum Gasteiger partial charge on any atom is 0.183 e. The average Bonchev–Trinajstić information content (AvgIpc) is 2.78. The van der Waals surface area contributed by atoms with Gasteiger partial charge in [-0.2, -0.15) is 0 Å². The number of alkyl halides is 1. The average molecular weight is 327 g/mol. The molecule has 0 spiro atoms. The lowest BCUT2D eigenvalue weighted by Crippen LogP contribution is -2.23. The fourth-order valence-corrected chi connectivity index (χ4v) is 5.14. The highest BCUT2D eigenvalue weighted by Gasteiger charge is 2.40. The van der Waals surface area contributed by atoms with Crippen molar-refractivity contribution in [3.05, 3.63) is 64.7 Å². The lowest BCUT2D eigenvalue weighted by Gasteiger charge is -2.15. The van der Waals surface area contributed by atoms with Gasteiger partial charge >= 0.3 is 0 Å². The zero-order valence-electron chi connectivity index (χ0n) is 10.5. The van der Waals surface area contributed by atoms with Crippen molar-refractivity contribution < 1.29 is 8.42 Å². The highest BCUT2D eigenvalue weighted by Crippen LogP contribution is 2.41. The molecule has 2 aromatic carbocycles. The van der Waals surface area contributed by atoms with Crippen LogP contribution in [0.15, 0.2) is 53.4 Å². The molecule has 5 heteroatoms. The molecule has 0 unspecified atom stereocenters. The molecule has 0 bridgehead atoms. The number of benzene rings is 2. The number of fused-ring (bicyclic) bond motifs is 1. The summed E-state index contributed by atoms with van der Waals surface area (Å²) in [5, 5.41) is -0.615. The van der Waals surface area contributed by atoms with Gasteiger partial charge in [0.1, 0.15) is 0 Å². The molecule has 2 atom stereocenters. The molecule has 0 radical (unpaired) electrons. The molecule has 20 heavy (non-hydrogen) atoms. The lowest BCUT2D eigenvalue weighted by atomic mass is 10.1. The second kappa shape index (κ2) is 5.06. The Labute approximate surface area is 128 Å². The van der Waals surface area contributed by atoms with Gasteiger partial charge in [-0.15, -0.1) is 11.6 Å². The van der Waals surface area contributed by atoms with Crippen molar-refractivity contribution in [1.82, 2.24) is 0 Å². The summed E-state index contributed by atoms with van der Waals surface area (Å²) >= 11 is 12.2. The molecule has 0 N–H and O–H groups in total. The molecule has 0 heterocycles. The Morgan fingerprint density at radius 3 is 2.30 bits per heavy atom. The van der Waals surface area contributed by atoms with E-state index in [0.29, 0.717) is 11.4 Å². The van der Waals surface area contributed by atoms with Gasteiger partial charge in [-0.25, -0.2) is 8.42 Å². The third-order valence-electron chi connectivity index (χ3n) is 3.64. The number of sulfone groups is 1. The molecule has 3 rings (SSSR count). The van der Waals surface area contributed by atoms with E-state index in [0.717, 1.165) is 11.1 Å². The molecule has 2 aromatic rings. The van der Waals surface area contributed by atoms with Gasteiger partial charge < -0.3 is 0 Å². The predicted octanol–water partition coefficient (Wildman–Crippen LogP) is 4.02. The van der Waals surface area contributed by atoms with Gasteiger partial charge in [-0.05, 0) is 41.8 Å². The fraction of sp³-hybridized carbons (Fsp3) is 0.200. The van der Waals surface area contributed by atoms with Crippen molar-refractivity contribution in [1.29, 1.82) is 0 Å². The molecule has 104 valence electrons. The summed E-state index contributed by atoms with van der Waals surface area (Å²) in [4.78, 5) is 0.269. The highest BCUT2D eigenvalue weighted by atomic mass is 35.5. The molecule has 0 fully saturated rings. The van der Waals surface area contributed by atoms with Crippen molar-refractivity contribution in [2.45, 2.75) is 21.9 Å². The van der Waals surface area contributed by atoms with Gasteiger partial charge in [0.15, 0.2) is 9.84 Å². The molecule has 0 aliphatic heterocycles. The van der Waals surface area contributed by atoms with E-state index in [1.807, 2.05) is 24.3 Å². The summed E-state index contributed by atoms with van der Waals surface area (Å²) < 4.78 is 25.4. The highest BCUT2D eigenvalue weighted by molar-refractivity contribution is 7.92. The van der Waals surface area contributed by atoms with Crippen molar-refractivity contribution in [3.8, 4) is 0 Å². The predicted molar refractivity (Wildman–Crippen MR) is 81.2 cm³/mol.